The SMILES string of the molecule is S=c1ncc2cc3c(cc2[nH]1)OCO3. The van der Waals surface area contributed by atoms with Crippen LogP contribution in [0, 0.1) is 4.77 Å². The predicted molar refractivity (Wildman–Crippen MR) is 53.1 cm³/mol. The van der Waals surface area contributed by atoms with Crippen LogP contribution >= 0.6 is 12.2 Å². The third-order valence-electron chi connectivity index (χ3n) is 2.11. The van der Waals surface area contributed by atoms with Crippen molar-refractivity contribution in [1.82, 2.24) is 9.97 Å². The third kappa shape index (κ3) is 1.06. The average molecular weight is 206 g/mol. The van der Waals surface area contributed by atoms with Crippen LogP contribution in [0.2, 0.25) is 0 Å². The summed E-state index contributed by atoms with van der Waals surface area (Å²) in [7, 11) is 0. The summed E-state index contributed by atoms with van der Waals surface area (Å²) < 4.78 is 11.0. The van der Waals surface area contributed by atoms with E-state index in [1.807, 2.05) is 12.1 Å². The van der Waals surface area contributed by atoms with Crippen LogP contribution in [0.25, 0.3) is 10.9 Å². The molecule has 1 aliphatic rings. The minimum atomic E-state index is 0.278. The Balaban J connectivity index is 2.39. The monoisotopic (exact) mass is 206 g/mol. The molecule has 14 heavy (non-hydrogen) atoms. The standard InChI is InChI=1S/C9H6N2O2S/c14-9-10-3-5-1-7-8(13-4-12-7)2-6(5)11-9/h1-3H,4H2,(H,10,11,14). The van der Waals surface area contributed by atoms with E-state index in [2.05, 4.69) is 9.97 Å². The van der Waals surface area contributed by atoms with Gasteiger partial charge in [0.15, 0.2) is 16.3 Å². The minimum Gasteiger partial charge on any atom is -0.454 e. The molecule has 0 radical (unpaired) electrons. The molecule has 1 aromatic carbocycles. The van der Waals surface area contributed by atoms with Crippen molar-refractivity contribution in [2.75, 3.05) is 6.79 Å². The maximum absolute atomic E-state index is 5.25. The van der Waals surface area contributed by atoms with Gasteiger partial charge in [-0.3, -0.25) is 0 Å². The summed E-state index contributed by atoms with van der Waals surface area (Å²) in [5.74, 6) is 1.50. The summed E-state index contributed by atoms with van der Waals surface area (Å²) in [5, 5.41) is 0.961. The number of aromatic amines is 1. The highest BCUT2D eigenvalue weighted by molar-refractivity contribution is 7.71. The molecule has 0 aliphatic carbocycles. The smallest absolute Gasteiger partial charge is 0.231 e. The molecule has 0 bridgehead atoms. The van der Waals surface area contributed by atoms with Crippen LogP contribution < -0.4 is 9.47 Å². The molecule has 1 aromatic heterocycles. The van der Waals surface area contributed by atoms with Crippen LogP contribution in [0.1, 0.15) is 0 Å². The van der Waals surface area contributed by atoms with E-state index in [1.165, 1.54) is 0 Å². The zero-order chi connectivity index (χ0) is 9.54. The highest BCUT2D eigenvalue weighted by Gasteiger charge is 2.13. The average Bonchev–Trinajstić information content (AvgIpc) is 2.61. The van der Waals surface area contributed by atoms with Crippen molar-refractivity contribution in [1.29, 1.82) is 0 Å². The van der Waals surface area contributed by atoms with Gasteiger partial charge in [0.1, 0.15) is 0 Å². The molecule has 0 saturated carbocycles. The summed E-state index contributed by atoms with van der Waals surface area (Å²) in [6.07, 6.45) is 1.72. The second-order valence-corrected chi connectivity index (χ2v) is 3.37. The lowest BCUT2D eigenvalue weighted by Gasteiger charge is -1.99. The Bertz CT molecular complexity index is 564. The Kier molecular flexibility index (Phi) is 1.49. The molecule has 1 aliphatic heterocycles. The topological polar surface area (TPSA) is 47.1 Å². The number of hydrogen-bond donors (Lipinski definition) is 1. The first kappa shape index (κ1) is 7.75. The molecular weight excluding hydrogens is 200 g/mol. The molecule has 5 heteroatoms. The predicted octanol–water partition coefficient (Wildman–Crippen LogP) is 2.02. The van der Waals surface area contributed by atoms with Gasteiger partial charge in [0, 0.05) is 17.6 Å². The van der Waals surface area contributed by atoms with Gasteiger partial charge in [0.2, 0.25) is 6.79 Å². The third-order valence-corrected chi connectivity index (χ3v) is 2.31. The van der Waals surface area contributed by atoms with E-state index >= 15 is 0 Å². The van der Waals surface area contributed by atoms with Gasteiger partial charge >= 0.3 is 0 Å². The van der Waals surface area contributed by atoms with E-state index in [1.54, 1.807) is 6.20 Å². The van der Waals surface area contributed by atoms with E-state index in [-0.39, 0.29) is 6.79 Å². The van der Waals surface area contributed by atoms with Crippen LogP contribution in [0.4, 0.5) is 0 Å². The zero-order valence-corrected chi connectivity index (χ0v) is 7.93. The van der Waals surface area contributed by atoms with Crippen molar-refractivity contribution in [3.8, 4) is 11.5 Å². The molecule has 0 atom stereocenters. The largest absolute Gasteiger partial charge is 0.454 e. The number of ether oxygens (including phenoxy) is 2. The number of fused-ring (bicyclic) bond motifs is 2. The van der Waals surface area contributed by atoms with Crippen LogP contribution in [-0.2, 0) is 0 Å². The van der Waals surface area contributed by atoms with Gasteiger partial charge in [-0.1, -0.05) is 0 Å². The minimum absolute atomic E-state index is 0.278. The molecule has 2 heterocycles. The molecule has 2 aromatic rings. The first-order valence-electron chi connectivity index (χ1n) is 4.11. The van der Waals surface area contributed by atoms with E-state index in [4.69, 9.17) is 21.7 Å². The van der Waals surface area contributed by atoms with Gasteiger partial charge in [0.05, 0.1) is 5.52 Å². The maximum Gasteiger partial charge on any atom is 0.231 e. The number of rotatable bonds is 0. The zero-order valence-electron chi connectivity index (χ0n) is 7.11. The van der Waals surface area contributed by atoms with Crippen molar-refractivity contribution >= 4 is 23.1 Å². The second kappa shape index (κ2) is 2.68. The summed E-state index contributed by atoms with van der Waals surface area (Å²) in [6, 6.07) is 3.76. The number of nitrogens with one attached hydrogen (secondary N) is 1. The number of nitrogens with zero attached hydrogens (tertiary/aromatic N) is 1. The van der Waals surface area contributed by atoms with E-state index < -0.39 is 0 Å². The van der Waals surface area contributed by atoms with Gasteiger partial charge < -0.3 is 14.5 Å². The van der Waals surface area contributed by atoms with E-state index in [0.717, 1.165) is 22.4 Å². The van der Waals surface area contributed by atoms with Gasteiger partial charge in [-0.2, -0.15) is 0 Å². The molecule has 0 fully saturated rings. The normalized spacial score (nSPS) is 13.4. The van der Waals surface area contributed by atoms with Gasteiger partial charge in [-0.25, -0.2) is 4.98 Å². The lowest BCUT2D eigenvalue weighted by Crippen LogP contribution is -1.92. The van der Waals surface area contributed by atoms with Gasteiger partial charge in [0.25, 0.3) is 0 Å². The summed E-state index contributed by atoms with van der Waals surface area (Å²) in [5.41, 5.74) is 0.911. The molecule has 4 nitrogen and oxygen atoms in total. The van der Waals surface area contributed by atoms with Crippen LogP contribution in [-0.4, -0.2) is 16.8 Å². The molecule has 70 valence electrons. The van der Waals surface area contributed by atoms with Crippen molar-refractivity contribution in [2.45, 2.75) is 0 Å². The Morgan fingerprint density at radius 3 is 2.93 bits per heavy atom. The lowest BCUT2D eigenvalue weighted by atomic mass is 10.2. The van der Waals surface area contributed by atoms with Gasteiger partial charge in [-0.05, 0) is 18.3 Å². The summed E-state index contributed by atoms with van der Waals surface area (Å²) in [4.78, 5) is 6.98. The molecule has 0 unspecified atom stereocenters. The Hall–Kier alpha value is -1.62. The molecular formula is C9H6N2O2S. The first-order chi connectivity index (χ1) is 6.83. The van der Waals surface area contributed by atoms with Crippen molar-refractivity contribution in [2.24, 2.45) is 0 Å². The van der Waals surface area contributed by atoms with Gasteiger partial charge in [-0.15, -0.1) is 0 Å². The summed E-state index contributed by atoms with van der Waals surface area (Å²) in [6.45, 7) is 0.278. The fourth-order valence-electron chi connectivity index (χ4n) is 1.45. The second-order valence-electron chi connectivity index (χ2n) is 2.98. The Labute approximate surface area is 84.5 Å². The van der Waals surface area contributed by atoms with Crippen LogP contribution in [0.5, 0.6) is 11.5 Å². The summed E-state index contributed by atoms with van der Waals surface area (Å²) >= 11 is 4.93. The first-order valence-corrected chi connectivity index (χ1v) is 4.52. The highest BCUT2D eigenvalue weighted by Crippen LogP contribution is 2.34. The number of benzene rings is 1. The van der Waals surface area contributed by atoms with E-state index in [9.17, 15) is 0 Å². The molecule has 0 saturated heterocycles. The molecule has 1 N–H and O–H groups in total. The van der Waals surface area contributed by atoms with Crippen molar-refractivity contribution in [3.63, 3.8) is 0 Å². The Morgan fingerprint density at radius 2 is 2.07 bits per heavy atom. The molecule has 0 amide bonds. The number of H-pyrrole nitrogens is 1. The Morgan fingerprint density at radius 1 is 1.29 bits per heavy atom. The number of hydrogen-bond acceptors (Lipinski definition) is 4. The van der Waals surface area contributed by atoms with Crippen LogP contribution in [0.15, 0.2) is 18.3 Å². The quantitative estimate of drug-likeness (QED) is 0.670. The molecule has 3 rings (SSSR count). The highest BCUT2D eigenvalue weighted by atomic mass is 32.1. The van der Waals surface area contributed by atoms with Crippen LogP contribution in [0.3, 0.4) is 0 Å². The lowest BCUT2D eigenvalue weighted by molar-refractivity contribution is 0.174. The van der Waals surface area contributed by atoms with Crippen molar-refractivity contribution < 1.29 is 9.47 Å². The number of aromatic nitrogens is 2. The van der Waals surface area contributed by atoms with Crippen molar-refractivity contribution in [3.05, 3.63) is 23.1 Å². The molecule has 0 spiro atoms. The fraction of sp³-hybridized carbons (Fsp3) is 0.111. The maximum atomic E-state index is 5.25. The fourth-order valence-corrected chi connectivity index (χ4v) is 1.61. The van der Waals surface area contributed by atoms with E-state index in [0.29, 0.717) is 4.77 Å².